The third-order valence-corrected chi connectivity index (χ3v) is 5.22. The number of carbonyl (C=O) groups is 1. The molecule has 0 spiro atoms. The Balaban J connectivity index is 1.71. The van der Waals surface area contributed by atoms with Crippen LogP contribution in [0.3, 0.4) is 0 Å². The van der Waals surface area contributed by atoms with Crippen molar-refractivity contribution in [3.63, 3.8) is 0 Å². The summed E-state index contributed by atoms with van der Waals surface area (Å²) in [6.45, 7) is 0. The van der Waals surface area contributed by atoms with Crippen LogP contribution in [0.15, 0.2) is 41.8 Å². The molecule has 0 saturated heterocycles. The third kappa shape index (κ3) is 4.71. The molecule has 0 aliphatic rings. The average molecular weight is 423 g/mol. The Morgan fingerprint density at radius 2 is 1.89 bits per heavy atom. The highest BCUT2D eigenvalue weighted by atomic mass is 35.5. The van der Waals surface area contributed by atoms with Gasteiger partial charge in [-0.15, -0.1) is 11.3 Å². The van der Waals surface area contributed by atoms with Crippen LogP contribution in [0.4, 0.5) is 5.69 Å². The van der Waals surface area contributed by atoms with Crippen molar-refractivity contribution >= 4 is 46.1 Å². The number of rotatable bonds is 6. The SMILES string of the molecule is COc1ccc(-c2nc(CC(=O)Nc3ccc(Cl)cc3Cl)cs2)cc1OC. The molecular formula is C19H16Cl2N2O3S. The molecule has 0 unspecified atom stereocenters. The maximum Gasteiger partial charge on any atom is 0.230 e. The van der Waals surface area contributed by atoms with Gasteiger partial charge in [-0.3, -0.25) is 4.79 Å². The van der Waals surface area contributed by atoms with Crippen molar-refractivity contribution in [3.8, 4) is 22.1 Å². The second-order valence-electron chi connectivity index (χ2n) is 5.56. The summed E-state index contributed by atoms with van der Waals surface area (Å²) in [5.74, 6) is 1.07. The molecule has 3 aromatic rings. The van der Waals surface area contributed by atoms with Crippen LogP contribution in [0.25, 0.3) is 10.6 Å². The fraction of sp³-hybridized carbons (Fsp3) is 0.158. The van der Waals surface area contributed by atoms with Crippen LogP contribution in [-0.2, 0) is 11.2 Å². The van der Waals surface area contributed by atoms with E-state index < -0.39 is 0 Å². The van der Waals surface area contributed by atoms with Crippen molar-refractivity contribution in [1.82, 2.24) is 4.98 Å². The van der Waals surface area contributed by atoms with E-state index in [-0.39, 0.29) is 12.3 Å². The fourth-order valence-electron chi connectivity index (χ4n) is 2.44. The number of hydrogen-bond donors (Lipinski definition) is 1. The molecule has 0 aliphatic heterocycles. The van der Waals surface area contributed by atoms with E-state index in [0.717, 1.165) is 10.6 Å². The summed E-state index contributed by atoms with van der Waals surface area (Å²) in [6, 6.07) is 10.5. The smallest absolute Gasteiger partial charge is 0.230 e. The van der Waals surface area contributed by atoms with Crippen LogP contribution in [-0.4, -0.2) is 25.1 Å². The summed E-state index contributed by atoms with van der Waals surface area (Å²) in [6.07, 6.45) is 0.142. The van der Waals surface area contributed by atoms with Crippen molar-refractivity contribution in [2.75, 3.05) is 19.5 Å². The number of ether oxygens (including phenoxy) is 2. The maximum absolute atomic E-state index is 12.3. The summed E-state index contributed by atoms with van der Waals surface area (Å²) >= 11 is 13.4. The van der Waals surface area contributed by atoms with Crippen molar-refractivity contribution in [3.05, 3.63) is 57.5 Å². The van der Waals surface area contributed by atoms with E-state index >= 15 is 0 Å². The second kappa shape index (κ2) is 8.61. The van der Waals surface area contributed by atoms with Gasteiger partial charge in [0, 0.05) is 16.0 Å². The minimum Gasteiger partial charge on any atom is -0.493 e. The predicted molar refractivity (Wildman–Crippen MR) is 109 cm³/mol. The molecular weight excluding hydrogens is 407 g/mol. The van der Waals surface area contributed by atoms with E-state index in [0.29, 0.717) is 32.9 Å². The Hall–Kier alpha value is -2.28. The highest BCUT2D eigenvalue weighted by Gasteiger charge is 2.13. The van der Waals surface area contributed by atoms with Gasteiger partial charge in [-0.1, -0.05) is 23.2 Å². The van der Waals surface area contributed by atoms with Gasteiger partial charge in [0.1, 0.15) is 5.01 Å². The van der Waals surface area contributed by atoms with Gasteiger partial charge >= 0.3 is 0 Å². The number of nitrogens with zero attached hydrogens (tertiary/aromatic N) is 1. The number of nitrogens with one attached hydrogen (secondary N) is 1. The normalized spacial score (nSPS) is 10.5. The van der Waals surface area contributed by atoms with E-state index in [2.05, 4.69) is 10.3 Å². The molecule has 2 aromatic carbocycles. The molecule has 5 nitrogen and oxygen atoms in total. The van der Waals surface area contributed by atoms with Crippen LogP contribution < -0.4 is 14.8 Å². The maximum atomic E-state index is 12.3. The van der Waals surface area contributed by atoms with E-state index in [4.69, 9.17) is 32.7 Å². The Kier molecular flexibility index (Phi) is 6.21. The topological polar surface area (TPSA) is 60.5 Å². The van der Waals surface area contributed by atoms with Gasteiger partial charge in [-0.25, -0.2) is 4.98 Å². The molecule has 27 heavy (non-hydrogen) atoms. The number of benzene rings is 2. The number of methoxy groups -OCH3 is 2. The second-order valence-corrected chi connectivity index (χ2v) is 7.26. The Labute approximate surface area is 170 Å². The lowest BCUT2D eigenvalue weighted by Gasteiger charge is -2.08. The Morgan fingerprint density at radius 1 is 1.11 bits per heavy atom. The first-order valence-corrected chi connectivity index (χ1v) is 9.55. The summed E-state index contributed by atoms with van der Waals surface area (Å²) in [5, 5.41) is 6.32. The number of anilines is 1. The summed E-state index contributed by atoms with van der Waals surface area (Å²) in [5.41, 5.74) is 2.08. The molecule has 0 fully saturated rings. The molecule has 3 rings (SSSR count). The lowest BCUT2D eigenvalue weighted by molar-refractivity contribution is -0.115. The van der Waals surface area contributed by atoms with Crippen molar-refractivity contribution in [2.24, 2.45) is 0 Å². The van der Waals surface area contributed by atoms with Crippen LogP contribution in [0.2, 0.25) is 10.0 Å². The first-order valence-electron chi connectivity index (χ1n) is 7.92. The van der Waals surface area contributed by atoms with E-state index in [1.807, 2.05) is 23.6 Å². The number of amides is 1. The Bertz CT molecular complexity index is 975. The average Bonchev–Trinajstić information content (AvgIpc) is 3.11. The van der Waals surface area contributed by atoms with Gasteiger partial charge < -0.3 is 14.8 Å². The molecule has 1 amide bonds. The first kappa shape index (κ1) is 19.5. The number of carbonyl (C=O) groups excluding carboxylic acids is 1. The van der Waals surface area contributed by atoms with Gasteiger partial charge in [-0.2, -0.15) is 0 Å². The molecule has 1 heterocycles. The molecule has 0 saturated carbocycles. The van der Waals surface area contributed by atoms with Crippen LogP contribution >= 0.6 is 34.5 Å². The summed E-state index contributed by atoms with van der Waals surface area (Å²) in [7, 11) is 3.17. The van der Waals surface area contributed by atoms with Gasteiger partial charge in [0.05, 0.1) is 37.0 Å². The molecule has 0 aliphatic carbocycles. The zero-order chi connectivity index (χ0) is 19.4. The Morgan fingerprint density at radius 3 is 2.59 bits per heavy atom. The minimum atomic E-state index is -0.205. The summed E-state index contributed by atoms with van der Waals surface area (Å²) < 4.78 is 10.6. The van der Waals surface area contributed by atoms with Gasteiger partial charge in [0.2, 0.25) is 5.91 Å². The highest BCUT2D eigenvalue weighted by molar-refractivity contribution is 7.13. The standard InChI is InChI=1S/C19H16Cl2N2O3S/c1-25-16-6-3-11(7-17(16)26-2)19-22-13(10-27-19)9-18(24)23-15-5-4-12(20)8-14(15)21/h3-8,10H,9H2,1-2H3,(H,23,24). The van der Waals surface area contributed by atoms with Crippen LogP contribution in [0.1, 0.15) is 5.69 Å². The van der Waals surface area contributed by atoms with Crippen molar-refractivity contribution in [1.29, 1.82) is 0 Å². The predicted octanol–water partition coefficient (Wildman–Crippen LogP) is 5.32. The van der Waals surface area contributed by atoms with E-state index in [1.54, 1.807) is 32.4 Å². The van der Waals surface area contributed by atoms with Gasteiger partial charge in [-0.05, 0) is 36.4 Å². The first-order chi connectivity index (χ1) is 13.0. The molecule has 140 valence electrons. The molecule has 1 aromatic heterocycles. The van der Waals surface area contributed by atoms with Gasteiger partial charge in [0.25, 0.3) is 0 Å². The quantitative estimate of drug-likeness (QED) is 0.583. The van der Waals surface area contributed by atoms with Gasteiger partial charge in [0.15, 0.2) is 11.5 Å². The molecule has 0 atom stereocenters. The highest BCUT2D eigenvalue weighted by Crippen LogP contribution is 2.33. The monoisotopic (exact) mass is 422 g/mol. The van der Waals surface area contributed by atoms with Crippen molar-refractivity contribution < 1.29 is 14.3 Å². The zero-order valence-electron chi connectivity index (χ0n) is 14.6. The third-order valence-electron chi connectivity index (χ3n) is 3.73. The van der Waals surface area contributed by atoms with Crippen LogP contribution in [0.5, 0.6) is 11.5 Å². The number of thiazole rings is 1. The summed E-state index contributed by atoms with van der Waals surface area (Å²) in [4.78, 5) is 16.8. The largest absolute Gasteiger partial charge is 0.493 e. The number of aromatic nitrogens is 1. The number of halogens is 2. The minimum absolute atomic E-state index is 0.142. The lowest BCUT2D eigenvalue weighted by Crippen LogP contribution is -2.14. The zero-order valence-corrected chi connectivity index (χ0v) is 16.9. The van der Waals surface area contributed by atoms with E-state index in [1.165, 1.54) is 11.3 Å². The molecule has 0 bridgehead atoms. The lowest BCUT2D eigenvalue weighted by atomic mass is 10.2. The van der Waals surface area contributed by atoms with Crippen molar-refractivity contribution in [2.45, 2.75) is 6.42 Å². The molecule has 8 heteroatoms. The number of hydrogen-bond acceptors (Lipinski definition) is 5. The molecule has 0 radical (unpaired) electrons. The molecule has 1 N–H and O–H groups in total. The van der Waals surface area contributed by atoms with Crippen LogP contribution in [0, 0.1) is 0 Å². The fourth-order valence-corrected chi connectivity index (χ4v) is 3.71. The van der Waals surface area contributed by atoms with E-state index in [9.17, 15) is 4.79 Å².